The van der Waals surface area contributed by atoms with Crippen LogP contribution in [0.3, 0.4) is 0 Å². The van der Waals surface area contributed by atoms with Crippen LogP contribution in [-0.4, -0.2) is 55.6 Å². The van der Waals surface area contributed by atoms with E-state index in [0.29, 0.717) is 25.5 Å². The summed E-state index contributed by atoms with van der Waals surface area (Å²) in [5.74, 6) is 0.808. The maximum absolute atomic E-state index is 5.27. The smallest absolute Gasteiger partial charge is 0.157 e. The van der Waals surface area contributed by atoms with Crippen molar-refractivity contribution in [2.75, 3.05) is 32.8 Å². The van der Waals surface area contributed by atoms with Gasteiger partial charge >= 0.3 is 0 Å². The van der Waals surface area contributed by atoms with Crippen LogP contribution in [0.4, 0.5) is 0 Å². The molecule has 0 aromatic heterocycles. The Labute approximate surface area is 93.3 Å². The van der Waals surface area contributed by atoms with Gasteiger partial charge in [0.2, 0.25) is 0 Å². The lowest BCUT2D eigenvalue weighted by Crippen LogP contribution is -2.45. The standard InChI is InChI=1S/C8H12N4O2S/c15-14-11-7-5-9-6-10-8(7)12-1-3-13-4-2-12/h6,15H,1-5H2. The highest BCUT2D eigenvalue weighted by Crippen LogP contribution is 2.04. The summed E-state index contributed by atoms with van der Waals surface area (Å²) >= 11 is 3.60. The van der Waals surface area contributed by atoms with E-state index in [0.717, 1.165) is 18.9 Å². The second kappa shape index (κ2) is 5.13. The number of hydrogen-bond donors (Lipinski definition) is 1. The molecule has 0 bridgehead atoms. The third-order valence-electron chi connectivity index (χ3n) is 2.22. The Kier molecular flexibility index (Phi) is 3.57. The Hall–Kier alpha value is -1.08. The van der Waals surface area contributed by atoms with Crippen LogP contribution in [0.25, 0.3) is 0 Å². The predicted octanol–water partition coefficient (Wildman–Crippen LogP) is -0.0236. The minimum Gasteiger partial charge on any atom is -0.378 e. The number of aliphatic imine (C=N–C) groups is 2. The maximum atomic E-state index is 5.27. The molecule has 1 saturated heterocycles. The molecule has 0 unspecified atom stereocenters. The van der Waals surface area contributed by atoms with E-state index >= 15 is 0 Å². The molecule has 82 valence electrons. The molecular formula is C8H12N4O2S. The number of hydrogen-bond acceptors (Lipinski definition) is 7. The van der Waals surface area contributed by atoms with Gasteiger partial charge in [-0.25, -0.2) is 4.99 Å². The van der Waals surface area contributed by atoms with Crippen molar-refractivity contribution < 1.29 is 9.02 Å². The van der Waals surface area contributed by atoms with E-state index < -0.39 is 0 Å². The first kappa shape index (κ1) is 10.4. The Bertz CT molecular complexity index is 310. The first-order chi connectivity index (χ1) is 7.42. The Morgan fingerprint density at radius 3 is 3.00 bits per heavy atom. The molecule has 0 spiro atoms. The molecule has 0 aliphatic carbocycles. The van der Waals surface area contributed by atoms with Crippen molar-refractivity contribution in [2.24, 2.45) is 15.1 Å². The molecule has 2 aliphatic rings. The van der Waals surface area contributed by atoms with Gasteiger partial charge in [0.1, 0.15) is 12.1 Å². The van der Waals surface area contributed by atoms with Gasteiger partial charge in [-0.3, -0.25) is 4.99 Å². The largest absolute Gasteiger partial charge is 0.378 e. The highest BCUT2D eigenvalue weighted by Gasteiger charge is 2.21. The second-order valence-electron chi connectivity index (χ2n) is 3.13. The quantitative estimate of drug-likeness (QED) is 0.390. The summed E-state index contributed by atoms with van der Waals surface area (Å²) in [4.78, 5) is 10.3. The molecule has 6 nitrogen and oxygen atoms in total. The van der Waals surface area contributed by atoms with E-state index in [2.05, 4.69) is 37.2 Å². The predicted molar refractivity (Wildman–Crippen MR) is 60.7 cm³/mol. The van der Waals surface area contributed by atoms with Crippen molar-refractivity contribution in [1.29, 1.82) is 0 Å². The average molecular weight is 228 g/mol. The lowest BCUT2D eigenvalue weighted by atomic mass is 10.2. The number of amidine groups is 1. The summed E-state index contributed by atoms with van der Waals surface area (Å²) < 4.78 is 9.74. The fraction of sp³-hybridized carbons (Fsp3) is 0.625. The van der Waals surface area contributed by atoms with Crippen LogP contribution >= 0.6 is 12.9 Å². The first-order valence-electron chi connectivity index (χ1n) is 4.68. The number of rotatable bonds is 1. The summed E-state index contributed by atoms with van der Waals surface area (Å²) in [6.07, 6.45) is 1.54. The number of oxime groups is 1. The van der Waals surface area contributed by atoms with Gasteiger partial charge in [-0.2, -0.15) is 0 Å². The highest BCUT2D eigenvalue weighted by atomic mass is 32.1. The van der Waals surface area contributed by atoms with Crippen molar-refractivity contribution >= 4 is 30.8 Å². The molecule has 0 N–H and O–H groups in total. The third-order valence-corrected chi connectivity index (χ3v) is 2.30. The zero-order chi connectivity index (χ0) is 10.5. The van der Waals surface area contributed by atoms with Crippen molar-refractivity contribution in [3.8, 4) is 0 Å². The van der Waals surface area contributed by atoms with E-state index in [4.69, 9.17) is 4.74 Å². The van der Waals surface area contributed by atoms with Gasteiger partial charge in [0.05, 0.1) is 32.7 Å². The summed E-state index contributed by atoms with van der Waals surface area (Å²) in [5.41, 5.74) is 0.703. The van der Waals surface area contributed by atoms with E-state index in [9.17, 15) is 0 Å². The summed E-state index contributed by atoms with van der Waals surface area (Å²) in [7, 11) is 0. The van der Waals surface area contributed by atoms with E-state index in [1.54, 1.807) is 6.34 Å². The normalized spacial score (nSPS) is 24.2. The van der Waals surface area contributed by atoms with Crippen LogP contribution in [0.5, 0.6) is 0 Å². The molecule has 0 amide bonds. The average Bonchev–Trinajstić information content (AvgIpc) is 2.31. The molecule has 0 radical (unpaired) electrons. The molecule has 15 heavy (non-hydrogen) atoms. The molecule has 0 atom stereocenters. The molecule has 1 fully saturated rings. The number of ether oxygens (including phenoxy) is 1. The maximum Gasteiger partial charge on any atom is 0.157 e. The zero-order valence-electron chi connectivity index (χ0n) is 8.17. The number of nitrogens with zero attached hydrogens (tertiary/aromatic N) is 4. The van der Waals surface area contributed by atoms with Gasteiger partial charge in [0.15, 0.2) is 5.84 Å². The topological polar surface area (TPSA) is 58.8 Å². The summed E-state index contributed by atoms with van der Waals surface area (Å²) in [6.45, 7) is 3.55. The molecule has 0 saturated carbocycles. The SMILES string of the molecule is SON=C1CN=CN=C1N1CCOCC1. The van der Waals surface area contributed by atoms with Crippen LogP contribution in [0.2, 0.25) is 0 Å². The molecule has 0 aromatic carbocycles. The van der Waals surface area contributed by atoms with Crippen molar-refractivity contribution in [2.45, 2.75) is 0 Å². The minimum absolute atomic E-state index is 0.483. The molecule has 2 aliphatic heterocycles. The van der Waals surface area contributed by atoms with Crippen LogP contribution in [-0.2, 0) is 9.02 Å². The molecule has 0 aromatic rings. The van der Waals surface area contributed by atoms with Gasteiger partial charge in [0.25, 0.3) is 0 Å². The summed E-state index contributed by atoms with van der Waals surface area (Å²) in [6, 6.07) is 0. The monoisotopic (exact) mass is 228 g/mol. The summed E-state index contributed by atoms with van der Waals surface area (Å²) in [5, 5.41) is 3.79. The Morgan fingerprint density at radius 2 is 2.27 bits per heavy atom. The fourth-order valence-corrected chi connectivity index (χ4v) is 1.62. The van der Waals surface area contributed by atoms with Crippen molar-refractivity contribution in [1.82, 2.24) is 4.90 Å². The lowest BCUT2D eigenvalue weighted by Gasteiger charge is -2.30. The van der Waals surface area contributed by atoms with E-state index in [-0.39, 0.29) is 0 Å². The third kappa shape index (κ3) is 2.48. The first-order valence-corrected chi connectivity index (χ1v) is 5.05. The molecule has 2 heterocycles. The van der Waals surface area contributed by atoms with Crippen LogP contribution < -0.4 is 0 Å². The van der Waals surface area contributed by atoms with Gasteiger partial charge in [-0.1, -0.05) is 5.16 Å². The van der Waals surface area contributed by atoms with E-state index in [1.165, 1.54) is 0 Å². The fourth-order valence-electron chi connectivity index (χ4n) is 1.53. The molecule has 7 heteroatoms. The van der Waals surface area contributed by atoms with Gasteiger partial charge < -0.3 is 13.9 Å². The molecular weight excluding hydrogens is 216 g/mol. The lowest BCUT2D eigenvalue weighted by molar-refractivity contribution is 0.0688. The van der Waals surface area contributed by atoms with Crippen LogP contribution in [0.15, 0.2) is 15.1 Å². The zero-order valence-corrected chi connectivity index (χ0v) is 9.06. The molecule has 2 rings (SSSR count). The second-order valence-corrected chi connectivity index (χ2v) is 3.29. The minimum atomic E-state index is 0.483. The van der Waals surface area contributed by atoms with Gasteiger partial charge in [-0.15, -0.1) is 0 Å². The Balaban J connectivity index is 2.12. The number of thiol groups is 1. The Morgan fingerprint density at radius 1 is 1.47 bits per heavy atom. The number of morpholine rings is 1. The van der Waals surface area contributed by atoms with Gasteiger partial charge in [0, 0.05) is 13.1 Å². The van der Waals surface area contributed by atoms with Crippen LogP contribution in [0, 0.1) is 0 Å². The highest BCUT2D eigenvalue weighted by molar-refractivity contribution is 7.75. The van der Waals surface area contributed by atoms with Crippen molar-refractivity contribution in [3.05, 3.63) is 0 Å². The van der Waals surface area contributed by atoms with E-state index in [1.807, 2.05) is 0 Å². The van der Waals surface area contributed by atoms with Crippen LogP contribution in [0.1, 0.15) is 0 Å². The van der Waals surface area contributed by atoms with Crippen molar-refractivity contribution in [3.63, 3.8) is 0 Å². The van der Waals surface area contributed by atoms with Gasteiger partial charge in [-0.05, 0) is 0 Å².